The average molecular weight is 430 g/mol. The number of benzene rings is 1. The number of nitrogens with one attached hydrogen (secondary N) is 1. The van der Waals surface area contributed by atoms with Gasteiger partial charge in [-0.05, 0) is 41.8 Å². The van der Waals surface area contributed by atoms with Crippen LogP contribution in [0.1, 0.15) is 0 Å². The molecule has 2 amide bonds. The van der Waals surface area contributed by atoms with E-state index < -0.39 is 0 Å². The number of thiophene rings is 1. The van der Waals surface area contributed by atoms with Gasteiger partial charge in [0.1, 0.15) is 11.4 Å². The van der Waals surface area contributed by atoms with Crippen LogP contribution < -0.4 is 15.0 Å². The number of piperazine rings is 1. The Morgan fingerprint density at radius 1 is 1.14 bits per heavy atom. The summed E-state index contributed by atoms with van der Waals surface area (Å²) in [5, 5.41) is 14.1. The minimum absolute atomic E-state index is 0.177. The van der Waals surface area contributed by atoms with Crippen LogP contribution in [0, 0.1) is 0 Å². The summed E-state index contributed by atoms with van der Waals surface area (Å²) in [6, 6.07) is 12.9. The number of aromatic nitrogens is 2. The third-order valence-electron chi connectivity index (χ3n) is 4.72. The summed E-state index contributed by atoms with van der Waals surface area (Å²) < 4.78 is 5.29. The van der Waals surface area contributed by atoms with E-state index in [1.54, 1.807) is 41.5 Å². The number of carbonyl (C=O) groups excluding carboxylic acids is 1. The summed E-state index contributed by atoms with van der Waals surface area (Å²) in [4.78, 5) is 17.6. The maximum atomic E-state index is 12.6. The highest BCUT2D eigenvalue weighted by Gasteiger charge is 2.23. The summed E-state index contributed by atoms with van der Waals surface area (Å²) in [5.74, 6) is 1.39. The molecule has 1 saturated heterocycles. The van der Waals surface area contributed by atoms with E-state index in [4.69, 9.17) is 16.3 Å². The molecule has 7 nitrogen and oxygen atoms in total. The average Bonchev–Trinajstić information content (AvgIpc) is 3.29. The molecule has 9 heteroatoms. The van der Waals surface area contributed by atoms with Gasteiger partial charge in [-0.15, -0.1) is 21.5 Å². The van der Waals surface area contributed by atoms with Crippen LogP contribution in [0.2, 0.25) is 5.02 Å². The molecule has 150 valence electrons. The molecule has 1 aliphatic heterocycles. The Morgan fingerprint density at radius 3 is 2.62 bits per heavy atom. The van der Waals surface area contributed by atoms with Crippen LogP contribution >= 0.6 is 22.9 Å². The second-order valence-corrected chi connectivity index (χ2v) is 7.89. The van der Waals surface area contributed by atoms with Gasteiger partial charge in [-0.3, -0.25) is 0 Å². The smallest absolute Gasteiger partial charge is 0.322 e. The van der Waals surface area contributed by atoms with Crippen molar-refractivity contribution < 1.29 is 9.53 Å². The first kappa shape index (κ1) is 19.5. The minimum Gasteiger partial charge on any atom is -0.495 e. The first-order valence-electron chi connectivity index (χ1n) is 9.16. The molecule has 1 N–H and O–H groups in total. The lowest BCUT2D eigenvalue weighted by molar-refractivity contribution is 0.208. The van der Waals surface area contributed by atoms with Crippen LogP contribution in [0.3, 0.4) is 0 Å². The van der Waals surface area contributed by atoms with Gasteiger partial charge >= 0.3 is 6.03 Å². The van der Waals surface area contributed by atoms with Crippen molar-refractivity contribution in [2.24, 2.45) is 0 Å². The molecule has 3 aromatic rings. The lowest BCUT2D eigenvalue weighted by Gasteiger charge is -2.35. The standard InChI is InChI=1S/C20H20ClN5O2S/c1-28-17-6-4-14(21)13-16(17)22-20(27)26-10-8-25(9-11-26)19-7-5-15(23-24-19)18-3-2-12-29-18/h2-7,12-13H,8-11H2,1H3,(H,22,27). The van der Waals surface area contributed by atoms with Crippen molar-refractivity contribution >= 4 is 40.5 Å². The first-order valence-corrected chi connectivity index (χ1v) is 10.4. The van der Waals surface area contributed by atoms with Crippen molar-refractivity contribution in [1.29, 1.82) is 0 Å². The molecule has 2 aromatic heterocycles. The molecular weight excluding hydrogens is 410 g/mol. The van der Waals surface area contributed by atoms with Gasteiger partial charge in [0, 0.05) is 31.2 Å². The third-order valence-corrected chi connectivity index (χ3v) is 5.85. The Hall–Kier alpha value is -2.84. The van der Waals surface area contributed by atoms with Gasteiger partial charge in [-0.1, -0.05) is 17.7 Å². The van der Waals surface area contributed by atoms with Gasteiger partial charge in [0.15, 0.2) is 5.82 Å². The largest absolute Gasteiger partial charge is 0.495 e. The number of carbonyl (C=O) groups is 1. The van der Waals surface area contributed by atoms with Crippen LogP contribution in [0.5, 0.6) is 5.75 Å². The molecule has 1 aromatic carbocycles. The fourth-order valence-corrected chi connectivity index (χ4v) is 4.02. The maximum Gasteiger partial charge on any atom is 0.322 e. The van der Waals surface area contributed by atoms with Crippen molar-refractivity contribution in [2.75, 3.05) is 43.5 Å². The molecule has 0 saturated carbocycles. The van der Waals surface area contributed by atoms with E-state index in [-0.39, 0.29) is 6.03 Å². The highest BCUT2D eigenvalue weighted by Crippen LogP contribution is 2.28. The van der Waals surface area contributed by atoms with Crippen LogP contribution in [-0.2, 0) is 0 Å². The Kier molecular flexibility index (Phi) is 5.82. The number of amides is 2. The van der Waals surface area contributed by atoms with Gasteiger partial charge in [0.2, 0.25) is 0 Å². The van der Waals surface area contributed by atoms with E-state index in [1.165, 1.54) is 0 Å². The highest BCUT2D eigenvalue weighted by molar-refractivity contribution is 7.13. The minimum atomic E-state index is -0.177. The number of hydrogen-bond acceptors (Lipinski definition) is 6. The quantitative estimate of drug-likeness (QED) is 0.672. The van der Waals surface area contributed by atoms with E-state index in [1.807, 2.05) is 29.6 Å². The fraction of sp³-hybridized carbons (Fsp3) is 0.250. The van der Waals surface area contributed by atoms with Gasteiger partial charge in [0.05, 0.1) is 17.7 Å². The molecule has 0 unspecified atom stereocenters. The number of urea groups is 1. The van der Waals surface area contributed by atoms with Crippen molar-refractivity contribution in [2.45, 2.75) is 0 Å². The van der Waals surface area contributed by atoms with Gasteiger partial charge < -0.3 is 19.9 Å². The number of anilines is 2. The van der Waals surface area contributed by atoms with E-state index in [0.29, 0.717) is 42.6 Å². The first-order chi connectivity index (χ1) is 14.1. The topological polar surface area (TPSA) is 70.6 Å². The molecule has 0 bridgehead atoms. The molecule has 1 aliphatic rings. The molecule has 1 fully saturated rings. The molecule has 0 aliphatic carbocycles. The number of rotatable bonds is 4. The van der Waals surface area contributed by atoms with Gasteiger partial charge in [-0.2, -0.15) is 0 Å². The Bertz CT molecular complexity index is 973. The normalized spacial score (nSPS) is 14.0. The predicted octanol–water partition coefficient (Wildman–Crippen LogP) is 4.22. The summed E-state index contributed by atoms with van der Waals surface area (Å²) in [6.07, 6.45) is 0. The number of hydrogen-bond donors (Lipinski definition) is 1. The number of ether oxygens (including phenoxy) is 1. The van der Waals surface area contributed by atoms with Crippen molar-refractivity contribution in [1.82, 2.24) is 15.1 Å². The monoisotopic (exact) mass is 429 g/mol. The summed E-state index contributed by atoms with van der Waals surface area (Å²) >= 11 is 7.67. The second-order valence-electron chi connectivity index (χ2n) is 6.50. The zero-order valence-electron chi connectivity index (χ0n) is 15.8. The fourth-order valence-electron chi connectivity index (χ4n) is 3.16. The van der Waals surface area contributed by atoms with Crippen molar-refractivity contribution in [3.05, 3.63) is 52.9 Å². The van der Waals surface area contributed by atoms with E-state index in [0.717, 1.165) is 16.4 Å². The lowest BCUT2D eigenvalue weighted by Crippen LogP contribution is -2.50. The number of methoxy groups -OCH3 is 1. The van der Waals surface area contributed by atoms with E-state index in [2.05, 4.69) is 20.4 Å². The summed E-state index contributed by atoms with van der Waals surface area (Å²) in [7, 11) is 1.56. The zero-order chi connectivity index (χ0) is 20.2. The Balaban J connectivity index is 1.35. The molecule has 4 rings (SSSR count). The summed E-state index contributed by atoms with van der Waals surface area (Å²) in [5.41, 5.74) is 1.43. The molecule has 0 radical (unpaired) electrons. The Labute approximate surface area is 177 Å². The van der Waals surface area contributed by atoms with Crippen LogP contribution in [0.25, 0.3) is 10.6 Å². The van der Waals surface area contributed by atoms with Crippen molar-refractivity contribution in [3.8, 4) is 16.3 Å². The third kappa shape index (κ3) is 4.44. The number of halogens is 1. The zero-order valence-corrected chi connectivity index (χ0v) is 17.4. The molecule has 0 spiro atoms. The predicted molar refractivity (Wildman–Crippen MR) is 116 cm³/mol. The second kappa shape index (κ2) is 8.67. The molecule has 3 heterocycles. The Morgan fingerprint density at radius 2 is 1.97 bits per heavy atom. The SMILES string of the molecule is COc1ccc(Cl)cc1NC(=O)N1CCN(c2ccc(-c3cccs3)nn2)CC1. The maximum absolute atomic E-state index is 12.6. The molecule has 0 atom stereocenters. The van der Waals surface area contributed by atoms with Crippen LogP contribution in [0.15, 0.2) is 47.8 Å². The van der Waals surface area contributed by atoms with Gasteiger partial charge in [-0.25, -0.2) is 4.79 Å². The molecule has 29 heavy (non-hydrogen) atoms. The molecular formula is C20H20ClN5O2S. The van der Waals surface area contributed by atoms with E-state index >= 15 is 0 Å². The number of nitrogens with zero attached hydrogens (tertiary/aromatic N) is 4. The van der Waals surface area contributed by atoms with Crippen LogP contribution in [0.4, 0.5) is 16.3 Å². The van der Waals surface area contributed by atoms with E-state index in [9.17, 15) is 4.79 Å². The summed E-state index contributed by atoms with van der Waals surface area (Å²) in [6.45, 7) is 2.55. The van der Waals surface area contributed by atoms with Crippen LogP contribution in [-0.4, -0.2) is 54.4 Å². The lowest BCUT2D eigenvalue weighted by atomic mass is 10.2. The highest BCUT2D eigenvalue weighted by atomic mass is 35.5. The van der Waals surface area contributed by atoms with Crippen molar-refractivity contribution in [3.63, 3.8) is 0 Å². The van der Waals surface area contributed by atoms with Gasteiger partial charge in [0.25, 0.3) is 0 Å².